The monoisotopic (exact) mass is 377 g/mol. The number of hydrogen-bond donors (Lipinski definition) is 2. The molecule has 1 aliphatic rings. The molecule has 2 unspecified atom stereocenters. The number of alkyl halides is 3. The third-order valence-corrected chi connectivity index (χ3v) is 5.10. The van der Waals surface area contributed by atoms with E-state index in [-0.39, 0.29) is 19.3 Å². The molecule has 0 radical (unpaired) electrons. The SMILES string of the molecule is Cn1nc(-c2ccccc2)c2c(NC(=O)C3CCC(C(F)(F)F)C3)[nH]nc21. The maximum absolute atomic E-state index is 12.9. The molecule has 0 spiro atoms. The third kappa shape index (κ3) is 3.17. The fourth-order valence-corrected chi connectivity index (χ4v) is 3.67. The molecule has 4 rings (SSSR count). The largest absolute Gasteiger partial charge is 0.391 e. The number of amides is 1. The number of carbonyl (C=O) groups is 1. The number of aryl methyl sites for hydroxylation is 1. The lowest BCUT2D eigenvalue weighted by Crippen LogP contribution is -2.24. The van der Waals surface area contributed by atoms with Gasteiger partial charge in [-0.25, -0.2) is 4.68 Å². The molecule has 1 fully saturated rings. The summed E-state index contributed by atoms with van der Waals surface area (Å²) < 4.78 is 40.2. The van der Waals surface area contributed by atoms with E-state index in [2.05, 4.69) is 20.6 Å². The first-order valence-corrected chi connectivity index (χ1v) is 8.68. The second-order valence-electron chi connectivity index (χ2n) is 6.87. The average molecular weight is 377 g/mol. The predicted molar refractivity (Wildman–Crippen MR) is 93.8 cm³/mol. The van der Waals surface area contributed by atoms with Gasteiger partial charge in [0.2, 0.25) is 5.91 Å². The highest BCUT2D eigenvalue weighted by Gasteiger charge is 2.45. The molecular formula is C18H18F3N5O. The van der Waals surface area contributed by atoms with E-state index < -0.39 is 23.9 Å². The zero-order valence-electron chi connectivity index (χ0n) is 14.5. The number of aromatic amines is 1. The molecule has 0 bridgehead atoms. The Hall–Kier alpha value is -2.84. The van der Waals surface area contributed by atoms with E-state index in [4.69, 9.17) is 0 Å². The lowest BCUT2D eigenvalue weighted by Gasteiger charge is -2.14. The van der Waals surface area contributed by atoms with Gasteiger partial charge in [0.25, 0.3) is 0 Å². The number of halogens is 3. The van der Waals surface area contributed by atoms with E-state index in [1.807, 2.05) is 30.3 Å². The second kappa shape index (κ2) is 6.40. The summed E-state index contributed by atoms with van der Waals surface area (Å²) >= 11 is 0. The molecule has 1 aliphatic carbocycles. The van der Waals surface area contributed by atoms with Crippen molar-refractivity contribution in [1.82, 2.24) is 20.0 Å². The normalized spacial score (nSPS) is 20.3. The summed E-state index contributed by atoms with van der Waals surface area (Å²) in [6, 6.07) is 9.43. The topological polar surface area (TPSA) is 75.6 Å². The molecule has 27 heavy (non-hydrogen) atoms. The standard InChI is InChI=1S/C18H18F3N5O/c1-26-16-13(14(25-26)10-5-3-2-4-6-10)15(23-24-16)22-17(27)11-7-8-12(9-11)18(19,20)21/h2-6,11-12H,7-9H2,1H3,(H2,22,23,24,27). The average Bonchev–Trinajstić information content (AvgIpc) is 3.33. The summed E-state index contributed by atoms with van der Waals surface area (Å²) in [6.45, 7) is 0. The van der Waals surface area contributed by atoms with Crippen molar-refractivity contribution in [3.05, 3.63) is 30.3 Å². The van der Waals surface area contributed by atoms with Crippen LogP contribution in [0.3, 0.4) is 0 Å². The van der Waals surface area contributed by atoms with Gasteiger partial charge >= 0.3 is 6.18 Å². The van der Waals surface area contributed by atoms with Gasteiger partial charge in [-0.3, -0.25) is 9.89 Å². The van der Waals surface area contributed by atoms with Gasteiger partial charge in [-0.05, 0) is 19.3 Å². The Morgan fingerprint density at radius 3 is 2.67 bits per heavy atom. The van der Waals surface area contributed by atoms with Crippen LogP contribution >= 0.6 is 0 Å². The van der Waals surface area contributed by atoms with E-state index in [1.165, 1.54) is 0 Å². The Kier molecular flexibility index (Phi) is 4.16. The van der Waals surface area contributed by atoms with Gasteiger partial charge in [0, 0.05) is 18.5 Å². The minimum atomic E-state index is -4.25. The number of hydrogen-bond acceptors (Lipinski definition) is 3. The molecule has 3 aromatic rings. The van der Waals surface area contributed by atoms with Gasteiger partial charge in [-0.2, -0.15) is 23.4 Å². The van der Waals surface area contributed by atoms with Gasteiger partial charge < -0.3 is 5.32 Å². The van der Waals surface area contributed by atoms with Crippen LogP contribution in [-0.2, 0) is 11.8 Å². The van der Waals surface area contributed by atoms with E-state index in [1.54, 1.807) is 11.7 Å². The van der Waals surface area contributed by atoms with Crippen LogP contribution in [-0.4, -0.2) is 32.1 Å². The van der Waals surface area contributed by atoms with Crippen LogP contribution in [0, 0.1) is 11.8 Å². The summed E-state index contributed by atoms with van der Waals surface area (Å²) in [4.78, 5) is 12.5. The Morgan fingerprint density at radius 1 is 1.26 bits per heavy atom. The van der Waals surface area contributed by atoms with Crippen molar-refractivity contribution < 1.29 is 18.0 Å². The number of nitrogens with zero attached hydrogens (tertiary/aromatic N) is 3. The number of carbonyl (C=O) groups excluding carboxylic acids is 1. The Morgan fingerprint density at radius 2 is 2.00 bits per heavy atom. The molecule has 0 saturated heterocycles. The van der Waals surface area contributed by atoms with Crippen LogP contribution in [0.2, 0.25) is 0 Å². The summed E-state index contributed by atoms with van der Waals surface area (Å²) in [5.74, 6) is -2.13. The number of H-pyrrole nitrogens is 1. The second-order valence-corrected chi connectivity index (χ2v) is 6.87. The van der Waals surface area contributed by atoms with Gasteiger partial charge in [0.1, 0.15) is 11.5 Å². The van der Waals surface area contributed by atoms with E-state index >= 15 is 0 Å². The third-order valence-electron chi connectivity index (χ3n) is 5.10. The molecule has 142 valence electrons. The fourth-order valence-electron chi connectivity index (χ4n) is 3.67. The van der Waals surface area contributed by atoms with Crippen LogP contribution in [0.4, 0.5) is 19.0 Å². The Balaban J connectivity index is 1.61. The van der Waals surface area contributed by atoms with Crippen molar-refractivity contribution in [1.29, 1.82) is 0 Å². The zero-order chi connectivity index (χ0) is 19.2. The molecule has 9 heteroatoms. The molecule has 0 aliphatic heterocycles. The molecule has 2 N–H and O–H groups in total. The first kappa shape index (κ1) is 17.6. The number of fused-ring (bicyclic) bond motifs is 1. The highest BCUT2D eigenvalue weighted by Crippen LogP contribution is 2.42. The van der Waals surface area contributed by atoms with Crippen molar-refractivity contribution in [3.8, 4) is 11.3 Å². The predicted octanol–water partition coefficient (Wildman–Crippen LogP) is 3.88. The van der Waals surface area contributed by atoms with Gasteiger partial charge in [0.15, 0.2) is 5.65 Å². The molecule has 6 nitrogen and oxygen atoms in total. The Bertz CT molecular complexity index is 976. The van der Waals surface area contributed by atoms with Gasteiger partial charge in [-0.15, -0.1) is 0 Å². The quantitative estimate of drug-likeness (QED) is 0.727. The van der Waals surface area contributed by atoms with E-state index in [0.29, 0.717) is 22.5 Å². The zero-order valence-corrected chi connectivity index (χ0v) is 14.5. The number of anilines is 1. The smallest absolute Gasteiger partial charge is 0.310 e. The number of benzene rings is 1. The van der Waals surface area contributed by atoms with Crippen molar-refractivity contribution in [2.45, 2.75) is 25.4 Å². The van der Waals surface area contributed by atoms with Crippen LogP contribution in [0.25, 0.3) is 22.3 Å². The molecule has 2 heterocycles. The summed E-state index contributed by atoms with van der Waals surface area (Å²) in [5.41, 5.74) is 2.07. The van der Waals surface area contributed by atoms with Crippen molar-refractivity contribution in [3.63, 3.8) is 0 Å². The molecule has 2 aromatic heterocycles. The minimum Gasteiger partial charge on any atom is -0.310 e. The van der Waals surface area contributed by atoms with Crippen LogP contribution in [0.5, 0.6) is 0 Å². The summed E-state index contributed by atoms with van der Waals surface area (Å²) in [7, 11) is 1.74. The van der Waals surface area contributed by atoms with Gasteiger partial charge in [-0.1, -0.05) is 30.3 Å². The maximum atomic E-state index is 12.9. The van der Waals surface area contributed by atoms with Crippen molar-refractivity contribution in [2.24, 2.45) is 18.9 Å². The molecular weight excluding hydrogens is 359 g/mol. The minimum absolute atomic E-state index is 0.0118. The van der Waals surface area contributed by atoms with Crippen molar-refractivity contribution in [2.75, 3.05) is 5.32 Å². The number of nitrogens with one attached hydrogen (secondary N) is 2. The number of rotatable bonds is 3. The van der Waals surface area contributed by atoms with Crippen LogP contribution in [0.1, 0.15) is 19.3 Å². The highest BCUT2D eigenvalue weighted by atomic mass is 19.4. The Labute approximate surface area is 152 Å². The summed E-state index contributed by atoms with van der Waals surface area (Å²) in [6.07, 6.45) is -4.21. The maximum Gasteiger partial charge on any atom is 0.391 e. The first-order chi connectivity index (χ1) is 12.8. The lowest BCUT2D eigenvalue weighted by molar-refractivity contribution is -0.173. The molecule has 2 atom stereocenters. The molecule has 1 amide bonds. The number of aromatic nitrogens is 4. The lowest BCUT2D eigenvalue weighted by atomic mass is 10.0. The van der Waals surface area contributed by atoms with Crippen molar-refractivity contribution >= 4 is 22.8 Å². The van der Waals surface area contributed by atoms with Crippen LogP contribution in [0.15, 0.2) is 30.3 Å². The highest BCUT2D eigenvalue weighted by molar-refractivity contribution is 6.05. The van der Waals surface area contributed by atoms with E-state index in [9.17, 15) is 18.0 Å². The van der Waals surface area contributed by atoms with Crippen LogP contribution < -0.4 is 5.32 Å². The first-order valence-electron chi connectivity index (χ1n) is 8.68. The summed E-state index contributed by atoms with van der Waals surface area (Å²) in [5, 5.41) is 14.8. The van der Waals surface area contributed by atoms with E-state index in [0.717, 1.165) is 5.56 Å². The molecule has 1 saturated carbocycles. The molecule has 1 aromatic carbocycles. The van der Waals surface area contributed by atoms with Gasteiger partial charge in [0.05, 0.1) is 11.3 Å². The fraction of sp³-hybridized carbons (Fsp3) is 0.389.